The van der Waals surface area contributed by atoms with Crippen molar-refractivity contribution in [3.63, 3.8) is 0 Å². The van der Waals surface area contributed by atoms with Gasteiger partial charge in [0.2, 0.25) is 0 Å². The van der Waals surface area contributed by atoms with Gasteiger partial charge in [0.15, 0.2) is 0 Å². The van der Waals surface area contributed by atoms with E-state index in [1.165, 1.54) is 9.26 Å². The lowest BCUT2D eigenvalue weighted by Gasteiger charge is -2.14. The van der Waals surface area contributed by atoms with Crippen molar-refractivity contribution in [2.24, 2.45) is 5.41 Å². The Morgan fingerprint density at radius 2 is 1.88 bits per heavy atom. The fourth-order valence-electron chi connectivity index (χ4n) is 1.55. The third-order valence-electron chi connectivity index (χ3n) is 2.70. The second-order valence-electron chi connectivity index (χ2n) is 4.89. The number of hydrogen-bond donors (Lipinski definition) is 1. The first-order valence-electron chi connectivity index (χ1n) is 5.94. The Labute approximate surface area is 118 Å². The lowest BCUT2D eigenvalue weighted by atomic mass is 9.89. The number of rotatable bonds is 6. The van der Waals surface area contributed by atoms with Crippen LogP contribution >= 0.6 is 22.6 Å². The molecule has 0 unspecified atom stereocenters. The maximum atomic E-state index is 8.89. The highest BCUT2D eigenvalue weighted by atomic mass is 127. The van der Waals surface area contributed by atoms with Crippen LogP contribution in [0.3, 0.4) is 0 Å². The number of halogens is 1. The molecular weight excluding hydrogens is 323 g/mol. The van der Waals surface area contributed by atoms with Crippen LogP contribution in [0.25, 0.3) is 0 Å². The van der Waals surface area contributed by atoms with E-state index in [0.717, 1.165) is 25.8 Å². The van der Waals surface area contributed by atoms with Gasteiger partial charge in [-0.3, -0.25) is 0 Å². The number of benzene rings is 1. The summed E-state index contributed by atoms with van der Waals surface area (Å²) in [6.45, 7) is 4.97. The maximum absolute atomic E-state index is 8.89. The van der Waals surface area contributed by atoms with Crippen LogP contribution in [0.2, 0.25) is 0 Å². The first-order valence-corrected chi connectivity index (χ1v) is 7.02. The molecule has 0 aliphatic carbocycles. The van der Waals surface area contributed by atoms with Gasteiger partial charge in [0.05, 0.1) is 11.5 Å². The molecule has 0 saturated heterocycles. The number of nitriles is 1. The Hall–Kier alpha value is -0.760. The SMILES string of the molecule is CC(C)(C#N)CCCCNc1ccc(I)cc1. The van der Waals surface area contributed by atoms with Gasteiger partial charge in [-0.05, 0) is 73.5 Å². The average molecular weight is 342 g/mol. The fraction of sp³-hybridized carbons (Fsp3) is 0.500. The van der Waals surface area contributed by atoms with Crippen molar-refractivity contribution in [3.8, 4) is 6.07 Å². The van der Waals surface area contributed by atoms with Gasteiger partial charge in [0, 0.05) is 15.8 Å². The number of nitrogens with one attached hydrogen (secondary N) is 1. The summed E-state index contributed by atoms with van der Waals surface area (Å²) in [5.41, 5.74) is 0.994. The second-order valence-corrected chi connectivity index (χ2v) is 6.13. The molecule has 0 bridgehead atoms. The minimum atomic E-state index is -0.178. The summed E-state index contributed by atoms with van der Waals surface area (Å²) in [6, 6.07) is 10.7. The molecule has 1 rings (SSSR count). The van der Waals surface area contributed by atoms with Gasteiger partial charge in [0.1, 0.15) is 0 Å². The molecule has 2 nitrogen and oxygen atoms in total. The van der Waals surface area contributed by atoms with Gasteiger partial charge in [-0.1, -0.05) is 6.42 Å². The quantitative estimate of drug-likeness (QED) is 0.613. The molecule has 0 amide bonds. The number of nitrogens with zero attached hydrogens (tertiary/aromatic N) is 1. The summed E-state index contributed by atoms with van der Waals surface area (Å²) in [5.74, 6) is 0. The summed E-state index contributed by atoms with van der Waals surface area (Å²) in [4.78, 5) is 0. The van der Waals surface area contributed by atoms with Crippen LogP contribution in [0.4, 0.5) is 5.69 Å². The number of unbranched alkanes of at least 4 members (excludes halogenated alkanes) is 1. The molecule has 92 valence electrons. The predicted molar refractivity (Wildman–Crippen MR) is 80.9 cm³/mol. The van der Waals surface area contributed by atoms with Crippen molar-refractivity contribution in [3.05, 3.63) is 27.8 Å². The summed E-state index contributed by atoms with van der Waals surface area (Å²) in [6.07, 6.45) is 3.17. The van der Waals surface area contributed by atoms with Crippen LogP contribution in [0.5, 0.6) is 0 Å². The minimum Gasteiger partial charge on any atom is -0.385 e. The van der Waals surface area contributed by atoms with Crippen LogP contribution < -0.4 is 5.32 Å². The molecule has 0 heterocycles. The van der Waals surface area contributed by atoms with Crippen LogP contribution in [0.15, 0.2) is 24.3 Å². The number of anilines is 1. The van der Waals surface area contributed by atoms with Crippen LogP contribution in [-0.2, 0) is 0 Å². The highest BCUT2D eigenvalue weighted by molar-refractivity contribution is 14.1. The molecular formula is C14H19IN2. The van der Waals surface area contributed by atoms with E-state index in [2.05, 4.69) is 58.2 Å². The largest absolute Gasteiger partial charge is 0.385 e. The zero-order valence-corrected chi connectivity index (χ0v) is 12.6. The standard InChI is InChI=1S/C14H19IN2/c1-14(2,11-16)9-3-4-10-17-13-7-5-12(15)6-8-13/h5-8,17H,3-4,9-10H2,1-2H3. The highest BCUT2D eigenvalue weighted by Gasteiger charge is 2.15. The van der Waals surface area contributed by atoms with Gasteiger partial charge in [-0.25, -0.2) is 0 Å². The maximum Gasteiger partial charge on any atom is 0.0683 e. The molecule has 0 fully saturated rings. The molecule has 0 atom stereocenters. The van der Waals surface area contributed by atoms with E-state index in [-0.39, 0.29) is 5.41 Å². The van der Waals surface area contributed by atoms with Gasteiger partial charge >= 0.3 is 0 Å². The summed E-state index contributed by atoms with van der Waals surface area (Å²) < 4.78 is 1.25. The first-order chi connectivity index (χ1) is 8.03. The van der Waals surface area contributed by atoms with Crippen molar-refractivity contribution in [1.29, 1.82) is 5.26 Å². The second kappa shape index (κ2) is 6.85. The molecule has 1 aromatic carbocycles. The Morgan fingerprint density at radius 3 is 2.47 bits per heavy atom. The monoisotopic (exact) mass is 342 g/mol. The molecule has 0 aliphatic rings. The lowest BCUT2D eigenvalue weighted by Crippen LogP contribution is -2.09. The van der Waals surface area contributed by atoms with Gasteiger partial charge < -0.3 is 5.32 Å². The Kier molecular flexibility index (Phi) is 5.76. The van der Waals surface area contributed by atoms with Crippen LogP contribution in [0.1, 0.15) is 33.1 Å². The van der Waals surface area contributed by atoms with E-state index in [9.17, 15) is 0 Å². The molecule has 0 saturated carbocycles. The molecule has 0 spiro atoms. The third kappa shape index (κ3) is 5.92. The molecule has 0 aromatic heterocycles. The van der Waals surface area contributed by atoms with Crippen molar-refractivity contribution in [2.45, 2.75) is 33.1 Å². The normalized spacial score (nSPS) is 10.9. The van der Waals surface area contributed by atoms with E-state index in [0.29, 0.717) is 0 Å². The topological polar surface area (TPSA) is 35.8 Å². The van der Waals surface area contributed by atoms with Gasteiger partial charge in [-0.2, -0.15) is 5.26 Å². The summed E-state index contributed by atoms with van der Waals surface area (Å²) in [5, 5.41) is 12.3. The average Bonchev–Trinajstić information content (AvgIpc) is 2.31. The molecule has 0 radical (unpaired) electrons. The Bertz CT molecular complexity index is 376. The Balaban J connectivity index is 2.17. The van der Waals surface area contributed by atoms with Crippen molar-refractivity contribution >= 4 is 28.3 Å². The molecule has 1 N–H and O–H groups in total. The zero-order chi connectivity index (χ0) is 12.7. The van der Waals surface area contributed by atoms with E-state index in [1.807, 2.05) is 13.8 Å². The van der Waals surface area contributed by atoms with E-state index < -0.39 is 0 Å². The fourth-order valence-corrected chi connectivity index (χ4v) is 1.91. The molecule has 0 aliphatic heterocycles. The lowest BCUT2D eigenvalue weighted by molar-refractivity contribution is 0.430. The molecule has 17 heavy (non-hydrogen) atoms. The highest BCUT2D eigenvalue weighted by Crippen LogP contribution is 2.21. The summed E-state index contributed by atoms with van der Waals surface area (Å²) in [7, 11) is 0. The van der Waals surface area contributed by atoms with Crippen LogP contribution in [-0.4, -0.2) is 6.54 Å². The zero-order valence-electron chi connectivity index (χ0n) is 10.5. The third-order valence-corrected chi connectivity index (χ3v) is 3.42. The van der Waals surface area contributed by atoms with Crippen LogP contribution in [0, 0.1) is 20.3 Å². The van der Waals surface area contributed by atoms with Crippen molar-refractivity contribution < 1.29 is 0 Å². The Morgan fingerprint density at radius 1 is 1.24 bits per heavy atom. The minimum absolute atomic E-state index is 0.178. The summed E-state index contributed by atoms with van der Waals surface area (Å²) >= 11 is 2.30. The first kappa shape index (κ1) is 14.3. The smallest absolute Gasteiger partial charge is 0.0683 e. The van der Waals surface area contributed by atoms with Gasteiger partial charge in [0.25, 0.3) is 0 Å². The van der Waals surface area contributed by atoms with Gasteiger partial charge in [-0.15, -0.1) is 0 Å². The molecule has 3 heteroatoms. The molecule has 1 aromatic rings. The predicted octanol–water partition coefficient (Wildman–Crippen LogP) is 4.42. The van der Waals surface area contributed by atoms with E-state index >= 15 is 0 Å². The van der Waals surface area contributed by atoms with Crippen molar-refractivity contribution in [2.75, 3.05) is 11.9 Å². The van der Waals surface area contributed by atoms with E-state index in [4.69, 9.17) is 5.26 Å². The van der Waals surface area contributed by atoms with Crippen molar-refractivity contribution in [1.82, 2.24) is 0 Å². The number of hydrogen-bond acceptors (Lipinski definition) is 2. The van der Waals surface area contributed by atoms with E-state index in [1.54, 1.807) is 0 Å².